The predicted octanol–water partition coefficient (Wildman–Crippen LogP) is 0.198. The summed E-state index contributed by atoms with van der Waals surface area (Å²) in [5.74, 6) is 0. The molecule has 0 aliphatic carbocycles. The molecule has 0 amide bonds. The molecule has 0 saturated heterocycles. The summed E-state index contributed by atoms with van der Waals surface area (Å²) >= 11 is -1.77. The van der Waals surface area contributed by atoms with Crippen molar-refractivity contribution in [1.29, 1.82) is 0 Å². The Hall–Kier alpha value is -0.0000000000000000278. The fourth-order valence-corrected chi connectivity index (χ4v) is 0.443. The Morgan fingerprint density at radius 2 is 2.38 bits per heavy atom. The van der Waals surface area contributed by atoms with Gasteiger partial charge < -0.3 is 0 Å². The van der Waals surface area contributed by atoms with E-state index in [2.05, 4.69) is 8.37 Å². The van der Waals surface area contributed by atoms with Crippen LogP contribution in [-0.2, 0) is 19.7 Å². The van der Waals surface area contributed by atoms with Gasteiger partial charge in [-0.25, -0.2) is 4.39 Å². The van der Waals surface area contributed by atoms with Gasteiger partial charge in [0.2, 0.25) is 0 Å². The highest BCUT2D eigenvalue weighted by Crippen LogP contribution is 1.84. The molecule has 8 heavy (non-hydrogen) atoms. The van der Waals surface area contributed by atoms with Gasteiger partial charge in [-0.15, -0.1) is 0 Å². The molecular weight excluding hydrogens is 135 g/mol. The molecule has 0 aromatic carbocycles. The monoisotopic (exact) mass is 142 g/mol. The molecule has 1 atom stereocenters. The molecule has 1 unspecified atom stereocenters. The number of alkyl halides is 1. The van der Waals surface area contributed by atoms with Gasteiger partial charge >= 0.3 is 11.4 Å². The molecule has 0 spiro atoms. The van der Waals surface area contributed by atoms with Gasteiger partial charge in [-0.3, -0.25) is 8.37 Å². The minimum absolute atomic E-state index is 0.180. The lowest BCUT2D eigenvalue weighted by Crippen LogP contribution is -2.01. The van der Waals surface area contributed by atoms with Gasteiger partial charge in [0.15, 0.2) is 0 Å². The largest absolute Gasteiger partial charge is 0.304 e. The lowest BCUT2D eigenvalue weighted by molar-refractivity contribution is 0.254. The molecule has 0 fully saturated rings. The summed E-state index contributed by atoms with van der Waals surface area (Å²) in [6, 6.07) is 0. The molecule has 3 nitrogen and oxygen atoms in total. The Balaban J connectivity index is 2.99. The van der Waals surface area contributed by atoms with Crippen LogP contribution in [0.15, 0.2) is 0 Å². The molecule has 5 heteroatoms. The first-order chi connectivity index (χ1) is 3.81. The van der Waals surface area contributed by atoms with Crippen molar-refractivity contribution in [3.63, 3.8) is 0 Å². The van der Waals surface area contributed by atoms with Crippen LogP contribution in [0.4, 0.5) is 4.39 Å². The summed E-state index contributed by atoms with van der Waals surface area (Å²) in [7, 11) is 1.22. The first-order valence-corrected chi connectivity index (χ1v) is 2.96. The van der Waals surface area contributed by atoms with Crippen LogP contribution in [0.1, 0.15) is 0 Å². The molecule has 0 aliphatic rings. The second kappa shape index (κ2) is 5.14. The predicted molar refractivity (Wildman–Crippen MR) is 27.1 cm³/mol. The zero-order valence-corrected chi connectivity index (χ0v) is 5.24. The van der Waals surface area contributed by atoms with E-state index in [9.17, 15) is 8.60 Å². The van der Waals surface area contributed by atoms with Gasteiger partial charge in [0.25, 0.3) is 0 Å². The minimum atomic E-state index is -1.77. The van der Waals surface area contributed by atoms with Crippen LogP contribution >= 0.6 is 0 Å². The Morgan fingerprint density at radius 1 is 1.75 bits per heavy atom. The summed E-state index contributed by atoms with van der Waals surface area (Å²) in [5, 5.41) is 0. The SMILES string of the molecule is COS(=O)OCCF. The third-order valence-electron chi connectivity index (χ3n) is 0.393. The van der Waals surface area contributed by atoms with E-state index in [1.165, 1.54) is 7.11 Å². The van der Waals surface area contributed by atoms with Crippen molar-refractivity contribution >= 4 is 11.4 Å². The topological polar surface area (TPSA) is 35.5 Å². The number of rotatable bonds is 4. The number of hydrogen-bond acceptors (Lipinski definition) is 3. The number of halogens is 1. The molecule has 0 heterocycles. The molecule has 0 aromatic heterocycles. The Kier molecular flexibility index (Phi) is 5.14. The molecular formula is C3H7FO3S. The average Bonchev–Trinajstić information content (AvgIpc) is 1.83. The summed E-state index contributed by atoms with van der Waals surface area (Å²) in [5.41, 5.74) is 0. The third-order valence-corrected chi connectivity index (χ3v) is 1.02. The van der Waals surface area contributed by atoms with Gasteiger partial charge in [-0.1, -0.05) is 0 Å². The lowest BCUT2D eigenvalue weighted by atomic mass is 10.9. The molecule has 0 radical (unpaired) electrons. The van der Waals surface area contributed by atoms with Gasteiger partial charge in [-0.05, 0) is 0 Å². The van der Waals surface area contributed by atoms with Crippen LogP contribution in [0.2, 0.25) is 0 Å². The van der Waals surface area contributed by atoms with E-state index in [0.29, 0.717) is 0 Å². The first-order valence-electron chi connectivity index (χ1n) is 1.96. The second-order valence-corrected chi connectivity index (χ2v) is 1.86. The van der Waals surface area contributed by atoms with Crippen LogP contribution < -0.4 is 0 Å². The Bertz CT molecular complexity index is 76.9. The van der Waals surface area contributed by atoms with E-state index in [1.54, 1.807) is 0 Å². The Labute approximate surface area is 49.7 Å². The van der Waals surface area contributed by atoms with Gasteiger partial charge in [0, 0.05) is 0 Å². The lowest BCUT2D eigenvalue weighted by Gasteiger charge is -1.93. The van der Waals surface area contributed by atoms with E-state index in [-0.39, 0.29) is 6.61 Å². The third kappa shape index (κ3) is 4.17. The van der Waals surface area contributed by atoms with Crippen molar-refractivity contribution in [2.75, 3.05) is 20.4 Å². The zero-order chi connectivity index (χ0) is 6.41. The fraction of sp³-hybridized carbons (Fsp3) is 1.00. The van der Waals surface area contributed by atoms with Crippen LogP contribution in [-0.4, -0.2) is 24.6 Å². The van der Waals surface area contributed by atoms with E-state index >= 15 is 0 Å². The maximum atomic E-state index is 11.2. The van der Waals surface area contributed by atoms with Crippen molar-refractivity contribution in [1.82, 2.24) is 0 Å². The standard InChI is InChI=1S/C3H7FO3S/c1-6-8(5)7-3-2-4/h2-3H2,1H3. The fourth-order valence-electron chi connectivity index (χ4n) is 0.148. The van der Waals surface area contributed by atoms with Gasteiger partial charge in [-0.2, -0.15) is 4.21 Å². The molecule has 0 N–H and O–H groups in total. The molecule has 0 aliphatic heterocycles. The average molecular weight is 142 g/mol. The van der Waals surface area contributed by atoms with Crippen molar-refractivity contribution in [3.8, 4) is 0 Å². The van der Waals surface area contributed by atoms with Crippen LogP contribution in [0.5, 0.6) is 0 Å². The van der Waals surface area contributed by atoms with Crippen LogP contribution in [0, 0.1) is 0 Å². The summed E-state index contributed by atoms with van der Waals surface area (Å²) in [4.78, 5) is 0. The van der Waals surface area contributed by atoms with Crippen molar-refractivity contribution < 1.29 is 17.0 Å². The first kappa shape index (κ1) is 8.00. The number of hydrogen-bond donors (Lipinski definition) is 0. The zero-order valence-electron chi connectivity index (χ0n) is 4.43. The van der Waals surface area contributed by atoms with E-state index in [0.717, 1.165) is 0 Å². The normalized spacial score (nSPS) is 13.8. The second-order valence-electron chi connectivity index (χ2n) is 0.882. The van der Waals surface area contributed by atoms with E-state index in [4.69, 9.17) is 0 Å². The van der Waals surface area contributed by atoms with Gasteiger partial charge in [0.05, 0.1) is 13.7 Å². The summed E-state index contributed by atoms with van der Waals surface area (Å²) in [6.07, 6.45) is 0. The highest BCUT2D eigenvalue weighted by atomic mass is 32.2. The summed E-state index contributed by atoms with van der Waals surface area (Å²) in [6.45, 7) is -0.824. The molecule has 0 saturated carbocycles. The van der Waals surface area contributed by atoms with Crippen molar-refractivity contribution in [2.45, 2.75) is 0 Å². The highest BCUT2D eigenvalue weighted by Gasteiger charge is 1.93. The molecule has 0 aromatic rings. The van der Waals surface area contributed by atoms with E-state index < -0.39 is 18.0 Å². The van der Waals surface area contributed by atoms with E-state index in [1.807, 2.05) is 0 Å². The van der Waals surface area contributed by atoms with Crippen molar-refractivity contribution in [2.24, 2.45) is 0 Å². The Morgan fingerprint density at radius 3 is 2.75 bits per heavy atom. The smallest absolute Gasteiger partial charge is 0.272 e. The highest BCUT2D eigenvalue weighted by molar-refractivity contribution is 7.75. The summed E-state index contributed by atoms with van der Waals surface area (Å²) < 4.78 is 29.6. The van der Waals surface area contributed by atoms with Crippen LogP contribution in [0.3, 0.4) is 0 Å². The minimum Gasteiger partial charge on any atom is -0.272 e. The molecule has 50 valence electrons. The molecule has 0 rings (SSSR count). The maximum absolute atomic E-state index is 11.2. The van der Waals surface area contributed by atoms with Crippen molar-refractivity contribution in [3.05, 3.63) is 0 Å². The molecule has 0 bridgehead atoms. The van der Waals surface area contributed by atoms with Gasteiger partial charge in [0.1, 0.15) is 6.67 Å². The quantitative estimate of drug-likeness (QED) is 0.562. The maximum Gasteiger partial charge on any atom is 0.304 e. The van der Waals surface area contributed by atoms with Crippen LogP contribution in [0.25, 0.3) is 0 Å².